The second kappa shape index (κ2) is 9.99. The molecule has 0 radical (unpaired) electrons. The van der Waals surface area contributed by atoms with Crippen molar-refractivity contribution in [2.45, 2.75) is 44.9 Å². The van der Waals surface area contributed by atoms with Crippen LogP contribution in [0.5, 0.6) is 0 Å². The number of hydrogen-bond donors (Lipinski definition) is 1. The SMILES string of the molecule is Cc1ccccc1C1CCN(c2ccc(C(=O)NCCCN3CCCC3=O)cc2)CC1. The largest absolute Gasteiger partial charge is 0.371 e. The first kappa shape index (κ1) is 21.4. The molecular formula is C26H33N3O2. The van der Waals surface area contributed by atoms with E-state index in [4.69, 9.17) is 0 Å². The zero-order valence-electron chi connectivity index (χ0n) is 18.5. The number of amides is 2. The Balaban J connectivity index is 1.23. The predicted octanol–water partition coefficient (Wildman–Crippen LogP) is 4.12. The van der Waals surface area contributed by atoms with Crippen molar-refractivity contribution in [3.8, 4) is 0 Å². The van der Waals surface area contributed by atoms with Gasteiger partial charge in [-0.25, -0.2) is 0 Å². The number of benzene rings is 2. The van der Waals surface area contributed by atoms with Gasteiger partial charge in [0.2, 0.25) is 5.91 Å². The molecule has 0 bridgehead atoms. The van der Waals surface area contributed by atoms with Crippen molar-refractivity contribution in [2.75, 3.05) is 37.6 Å². The number of aryl methyl sites for hydroxylation is 1. The lowest BCUT2D eigenvalue weighted by Crippen LogP contribution is -2.33. The minimum absolute atomic E-state index is 0.0439. The summed E-state index contributed by atoms with van der Waals surface area (Å²) >= 11 is 0. The average molecular weight is 420 g/mol. The van der Waals surface area contributed by atoms with Gasteiger partial charge in [0.05, 0.1) is 0 Å². The lowest BCUT2D eigenvalue weighted by molar-refractivity contribution is -0.127. The summed E-state index contributed by atoms with van der Waals surface area (Å²) < 4.78 is 0. The molecule has 2 aliphatic rings. The van der Waals surface area contributed by atoms with Crippen molar-refractivity contribution < 1.29 is 9.59 Å². The summed E-state index contributed by atoms with van der Waals surface area (Å²) in [5.41, 5.74) is 4.76. The van der Waals surface area contributed by atoms with Crippen molar-refractivity contribution in [1.29, 1.82) is 0 Å². The predicted molar refractivity (Wildman–Crippen MR) is 125 cm³/mol. The van der Waals surface area contributed by atoms with Crippen LogP contribution in [0.15, 0.2) is 48.5 Å². The topological polar surface area (TPSA) is 52.7 Å². The summed E-state index contributed by atoms with van der Waals surface area (Å²) in [6.45, 7) is 6.47. The fourth-order valence-corrected chi connectivity index (χ4v) is 4.83. The molecule has 2 saturated heterocycles. The summed E-state index contributed by atoms with van der Waals surface area (Å²) in [5.74, 6) is 0.834. The highest BCUT2D eigenvalue weighted by Crippen LogP contribution is 2.32. The highest BCUT2D eigenvalue weighted by Gasteiger charge is 2.22. The summed E-state index contributed by atoms with van der Waals surface area (Å²) in [7, 11) is 0. The number of anilines is 1. The molecule has 2 fully saturated rings. The molecule has 0 spiro atoms. The number of carbonyl (C=O) groups excluding carboxylic acids is 2. The van der Waals surface area contributed by atoms with Crippen molar-refractivity contribution in [3.05, 3.63) is 65.2 Å². The second-order valence-electron chi connectivity index (χ2n) is 8.76. The van der Waals surface area contributed by atoms with Crippen LogP contribution in [-0.2, 0) is 4.79 Å². The van der Waals surface area contributed by atoms with Gasteiger partial charge in [-0.1, -0.05) is 24.3 Å². The van der Waals surface area contributed by atoms with E-state index in [1.54, 1.807) is 0 Å². The Hall–Kier alpha value is -2.82. The average Bonchev–Trinajstić information content (AvgIpc) is 3.22. The van der Waals surface area contributed by atoms with Crippen LogP contribution in [-0.4, -0.2) is 49.4 Å². The molecule has 0 aliphatic carbocycles. The van der Waals surface area contributed by atoms with Gasteiger partial charge < -0.3 is 15.1 Å². The molecule has 0 saturated carbocycles. The van der Waals surface area contributed by atoms with Crippen LogP contribution in [0.3, 0.4) is 0 Å². The molecule has 2 aromatic carbocycles. The number of nitrogens with zero attached hydrogens (tertiary/aromatic N) is 2. The maximum Gasteiger partial charge on any atom is 0.251 e. The number of piperidine rings is 1. The number of rotatable bonds is 7. The Morgan fingerprint density at radius 2 is 1.77 bits per heavy atom. The minimum atomic E-state index is -0.0439. The summed E-state index contributed by atoms with van der Waals surface area (Å²) in [6.07, 6.45) is 4.74. The van der Waals surface area contributed by atoms with Crippen molar-refractivity contribution in [2.24, 2.45) is 0 Å². The first-order valence-electron chi connectivity index (χ1n) is 11.6. The van der Waals surface area contributed by atoms with E-state index in [-0.39, 0.29) is 11.8 Å². The van der Waals surface area contributed by atoms with Gasteiger partial charge in [0.15, 0.2) is 0 Å². The highest BCUT2D eigenvalue weighted by atomic mass is 16.2. The standard InChI is InChI=1S/C26H33N3O2/c1-20-6-2-3-7-24(20)21-13-18-28(19-14-21)23-11-9-22(10-12-23)26(31)27-15-5-17-29-16-4-8-25(29)30/h2-3,6-7,9-12,21H,4-5,8,13-19H2,1H3,(H,27,31). The molecule has 2 amide bonds. The molecule has 2 aromatic rings. The van der Waals surface area contributed by atoms with Gasteiger partial charge in [0, 0.05) is 50.4 Å². The molecule has 0 aromatic heterocycles. The molecule has 5 nitrogen and oxygen atoms in total. The molecule has 5 heteroatoms. The van der Waals surface area contributed by atoms with E-state index < -0.39 is 0 Å². The molecule has 2 aliphatic heterocycles. The minimum Gasteiger partial charge on any atom is -0.371 e. The van der Waals surface area contributed by atoms with Crippen LogP contribution >= 0.6 is 0 Å². The van der Waals surface area contributed by atoms with Crippen LogP contribution in [0.2, 0.25) is 0 Å². The molecule has 1 N–H and O–H groups in total. The normalized spacial score (nSPS) is 17.3. The monoisotopic (exact) mass is 419 g/mol. The van der Waals surface area contributed by atoms with Gasteiger partial charge in [0.25, 0.3) is 5.91 Å². The maximum absolute atomic E-state index is 12.4. The quantitative estimate of drug-likeness (QED) is 0.687. The Morgan fingerprint density at radius 3 is 2.45 bits per heavy atom. The zero-order valence-corrected chi connectivity index (χ0v) is 18.5. The van der Waals surface area contributed by atoms with Crippen LogP contribution in [0.4, 0.5) is 5.69 Å². The Morgan fingerprint density at radius 1 is 1.03 bits per heavy atom. The van der Waals surface area contributed by atoms with Crippen LogP contribution in [0.1, 0.15) is 59.5 Å². The number of likely N-dealkylation sites (tertiary alicyclic amines) is 1. The van der Waals surface area contributed by atoms with Gasteiger partial charge >= 0.3 is 0 Å². The molecule has 164 valence electrons. The molecule has 0 unspecified atom stereocenters. The van der Waals surface area contributed by atoms with E-state index >= 15 is 0 Å². The van der Waals surface area contributed by atoms with Crippen molar-refractivity contribution in [1.82, 2.24) is 10.2 Å². The summed E-state index contributed by atoms with van der Waals surface area (Å²) in [6, 6.07) is 16.7. The lowest BCUT2D eigenvalue weighted by Gasteiger charge is -2.34. The third-order valence-electron chi connectivity index (χ3n) is 6.68. The van der Waals surface area contributed by atoms with E-state index in [1.165, 1.54) is 16.8 Å². The van der Waals surface area contributed by atoms with Gasteiger partial charge in [-0.2, -0.15) is 0 Å². The van der Waals surface area contributed by atoms with Gasteiger partial charge in [-0.15, -0.1) is 0 Å². The Labute approximate surface area is 185 Å². The summed E-state index contributed by atoms with van der Waals surface area (Å²) in [4.78, 5) is 28.4. The lowest BCUT2D eigenvalue weighted by atomic mass is 9.87. The zero-order chi connectivity index (χ0) is 21.6. The van der Waals surface area contributed by atoms with E-state index in [1.807, 2.05) is 17.0 Å². The number of nitrogens with one attached hydrogen (secondary N) is 1. The van der Waals surface area contributed by atoms with Crippen molar-refractivity contribution >= 4 is 17.5 Å². The molecule has 4 rings (SSSR count). The Bertz CT molecular complexity index is 901. The van der Waals surface area contributed by atoms with Gasteiger partial charge in [-0.3, -0.25) is 9.59 Å². The van der Waals surface area contributed by atoms with Crippen LogP contribution in [0.25, 0.3) is 0 Å². The van der Waals surface area contributed by atoms with E-state index in [0.29, 0.717) is 24.4 Å². The number of carbonyl (C=O) groups is 2. The second-order valence-corrected chi connectivity index (χ2v) is 8.76. The van der Waals surface area contributed by atoms with Gasteiger partial charge in [0.1, 0.15) is 0 Å². The smallest absolute Gasteiger partial charge is 0.251 e. The maximum atomic E-state index is 12.4. The fourth-order valence-electron chi connectivity index (χ4n) is 4.83. The van der Waals surface area contributed by atoms with Crippen LogP contribution < -0.4 is 10.2 Å². The summed E-state index contributed by atoms with van der Waals surface area (Å²) in [5, 5.41) is 2.98. The fraction of sp³-hybridized carbons (Fsp3) is 0.462. The van der Waals surface area contributed by atoms with Gasteiger partial charge in [-0.05, 0) is 73.9 Å². The highest BCUT2D eigenvalue weighted by molar-refractivity contribution is 5.94. The first-order chi connectivity index (χ1) is 15.1. The van der Waals surface area contributed by atoms with E-state index in [2.05, 4.69) is 53.5 Å². The third-order valence-corrected chi connectivity index (χ3v) is 6.68. The molecular weight excluding hydrogens is 386 g/mol. The molecule has 31 heavy (non-hydrogen) atoms. The van der Waals surface area contributed by atoms with Crippen molar-refractivity contribution in [3.63, 3.8) is 0 Å². The third kappa shape index (κ3) is 5.27. The molecule has 0 atom stereocenters. The Kier molecular flexibility index (Phi) is 6.90. The van der Waals surface area contributed by atoms with E-state index in [0.717, 1.165) is 51.9 Å². The first-order valence-corrected chi connectivity index (χ1v) is 11.6. The van der Waals surface area contributed by atoms with Crippen LogP contribution in [0, 0.1) is 6.92 Å². The van der Waals surface area contributed by atoms with E-state index in [9.17, 15) is 9.59 Å². The number of hydrogen-bond acceptors (Lipinski definition) is 3. The molecule has 2 heterocycles.